The lowest BCUT2D eigenvalue weighted by Crippen LogP contribution is -2.48. The molecule has 0 aromatic heterocycles. The molecule has 0 aliphatic carbocycles. The maximum atomic E-state index is 14.1. The van der Waals surface area contributed by atoms with Crippen molar-refractivity contribution in [1.82, 2.24) is 10.6 Å². The molecule has 0 radical (unpaired) electrons. The zero-order valence-electron chi connectivity index (χ0n) is 8.19. The third-order valence-corrected chi connectivity index (χ3v) is 2.85. The number of amides is 1. The van der Waals surface area contributed by atoms with E-state index >= 15 is 0 Å². The molecule has 1 atom stereocenters. The molecule has 4 heteroatoms. The fourth-order valence-corrected chi connectivity index (χ4v) is 1.73. The molecule has 1 rings (SSSR count). The minimum atomic E-state index is -1.31. The van der Waals surface area contributed by atoms with Crippen LogP contribution in [0.1, 0.15) is 19.8 Å². The van der Waals surface area contributed by atoms with Crippen LogP contribution in [0.3, 0.4) is 0 Å². The van der Waals surface area contributed by atoms with Crippen LogP contribution in [0.4, 0.5) is 4.39 Å². The average molecular weight is 188 g/mol. The van der Waals surface area contributed by atoms with Gasteiger partial charge in [-0.15, -0.1) is 0 Å². The Labute approximate surface area is 78.1 Å². The van der Waals surface area contributed by atoms with Gasteiger partial charge in [0.25, 0.3) is 0 Å². The molecule has 1 saturated heterocycles. The van der Waals surface area contributed by atoms with Gasteiger partial charge >= 0.3 is 0 Å². The van der Waals surface area contributed by atoms with Crippen molar-refractivity contribution in [3.8, 4) is 0 Å². The first-order valence-electron chi connectivity index (χ1n) is 4.71. The van der Waals surface area contributed by atoms with Crippen molar-refractivity contribution in [2.24, 2.45) is 5.92 Å². The molecule has 3 nitrogen and oxygen atoms in total. The summed E-state index contributed by atoms with van der Waals surface area (Å²) in [5.41, 5.74) is -1.31. The summed E-state index contributed by atoms with van der Waals surface area (Å²) in [4.78, 5) is 11.2. The van der Waals surface area contributed by atoms with Gasteiger partial charge in [0.15, 0.2) is 0 Å². The summed E-state index contributed by atoms with van der Waals surface area (Å²) in [7, 11) is 1.54. The van der Waals surface area contributed by atoms with Crippen molar-refractivity contribution < 1.29 is 9.18 Å². The monoisotopic (exact) mass is 188 g/mol. The molecule has 1 unspecified atom stereocenters. The molecule has 0 bridgehead atoms. The van der Waals surface area contributed by atoms with Gasteiger partial charge in [-0.25, -0.2) is 4.39 Å². The Morgan fingerprint density at radius 3 is 2.54 bits per heavy atom. The third kappa shape index (κ3) is 2.18. The highest BCUT2D eigenvalue weighted by molar-refractivity contribution is 5.79. The van der Waals surface area contributed by atoms with E-state index in [1.54, 1.807) is 14.0 Å². The van der Waals surface area contributed by atoms with Crippen LogP contribution >= 0.6 is 0 Å². The Hall–Kier alpha value is -0.640. The summed E-state index contributed by atoms with van der Waals surface area (Å²) in [6.45, 7) is 2.99. The van der Waals surface area contributed by atoms with Crippen LogP contribution in [0.5, 0.6) is 0 Å². The van der Waals surface area contributed by atoms with E-state index in [0.717, 1.165) is 0 Å². The molecule has 13 heavy (non-hydrogen) atoms. The SMILES string of the molecule is CNC(=O)C(C)C1(F)CCNCC1. The van der Waals surface area contributed by atoms with Gasteiger partial charge in [0, 0.05) is 7.05 Å². The lowest BCUT2D eigenvalue weighted by molar-refractivity contribution is -0.129. The Kier molecular flexibility index (Phi) is 3.25. The standard InChI is InChI=1S/C9H17FN2O/c1-7(8(13)11-2)9(10)3-5-12-6-4-9/h7,12H,3-6H2,1-2H3,(H,11,13). The van der Waals surface area contributed by atoms with Crippen LogP contribution in [0, 0.1) is 5.92 Å². The summed E-state index contributed by atoms with van der Waals surface area (Å²) < 4.78 is 14.1. The van der Waals surface area contributed by atoms with Crippen molar-refractivity contribution >= 4 is 5.91 Å². The second-order valence-corrected chi connectivity index (χ2v) is 3.62. The summed E-state index contributed by atoms with van der Waals surface area (Å²) in [5.74, 6) is -0.746. The number of piperidine rings is 1. The normalized spacial score (nSPS) is 23.6. The molecule has 2 N–H and O–H groups in total. The summed E-state index contributed by atoms with van der Waals surface area (Å²) in [5, 5.41) is 5.57. The average Bonchev–Trinajstić information content (AvgIpc) is 2.16. The zero-order valence-corrected chi connectivity index (χ0v) is 8.19. The number of alkyl halides is 1. The minimum Gasteiger partial charge on any atom is -0.359 e. The van der Waals surface area contributed by atoms with E-state index in [-0.39, 0.29) is 5.91 Å². The second kappa shape index (κ2) is 4.05. The van der Waals surface area contributed by atoms with Gasteiger partial charge in [0.2, 0.25) is 5.91 Å². The van der Waals surface area contributed by atoms with Gasteiger partial charge in [0.1, 0.15) is 5.67 Å². The molecule has 0 saturated carbocycles. The summed E-state index contributed by atoms with van der Waals surface area (Å²) in [6, 6.07) is 0. The van der Waals surface area contributed by atoms with Crippen molar-refractivity contribution in [1.29, 1.82) is 0 Å². The predicted octanol–water partition coefficient (Wildman–Crippen LogP) is 0.460. The Morgan fingerprint density at radius 2 is 2.08 bits per heavy atom. The van der Waals surface area contributed by atoms with Gasteiger partial charge in [-0.05, 0) is 25.9 Å². The molecular formula is C9H17FN2O. The molecule has 0 aromatic rings. The van der Waals surface area contributed by atoms with E-state index in [9.17, 15) is 9.18 Å². The number of nitrogens with one attached hydrogen (secondary N) is 2. The molecule has 0 aromatic carbocycles. The van der Waals surface area contributed by atoms with Crippen LogP contribution < -0.4 is 10.6 Å². The van der Waals surface area contributed by atoms with Crippen molar-refractivity contribution in [2.75, 3.05) is 20.1 Å². The van der Waals surface area contributed by atoms with E-state index in [2.05, 4.69) is 10.6 Å². The smallest absolute Gasteiger partial charge is 0.225 e. The number of carbonyl (C=O) groups is 1. The topological polar surface area (TPSA) is 41.1 Å². The first-order chi connectivity index (χ1) is 6.10. The quantitative estimate of drug-likeness (QED) is 0.661. The lowest BCUT2D eigenvalue weighted by atomic mass is 9.82. The first-order valence-corrected chi connectivity index (χ1v) is 4.71. The molecule has 1 aliphatic heterocycles. The summed E-state index contributed by atoms with van der Waals surface area (Å²) in [6.07, 6.45) is 0.864. The third-order valence-electron chi connectivity index (χ3n) is 2.85. The maximum absolute atomic E-state index is 14.1. The fraction of sp³-hybridized carbons (Fsp3) is 0.889. The van der Waals surface area contributed by atoms with Gasteiger partial charge in [-0.1, -0.05) is 6.92 Å². The molecule has 76 valence electrons. The van der Waals surface area contributed by atoms with Gasteiger partial charge < -0.3 is 10.6 Å². The molecule has 0 spiro atoms. The highest BCUT2D eigenvalue weighted by atomic mass is 19.1. The second-order valence-electron chi connectivity index (χ2n) is 3.62. The molecular weight excluding hydrogens is 171 g/mol. The Balaban J connectivity index is 2.61. The van der Waals surface area contributed by atoms with E-state index in [4.69, 9.17) is 0 Å². The predicted molar refractivity (Wildman–Crippen MR) is 49.2 cm³/mol. The van der Waals surface area contributed by atoms with E-state index in [0.29, 0.717) is 25.9 Å². The Bertz CT molecular complexity index is 190. The van der Waals surface area contributed by atoms with E-state index < -0.39 is 11.6 Å². The Morgan fingerprint density at radius 1 is 1.54 bits per heavy atom. The van der Waals surface area contributed by atoms with E-state index in [1.807, 2.05) is 0 Å². The molecule has 1 aliphatic rings. The highest BCUT2D eigenvalue weighted by Crippen LogP contribution is 2.31. The van der Waals surface area contributed by atoms with Gasteiger partial charge in [-0.2, -0.15) is 0 Å². The molecule has 1 amide bonds. The van der Waals surface area contributed by atoms with Crippen LogP contribution in [0.2, 0.25) is 0 Å². The molecule has 1 fully saturated rings. The minimum absolute atomic E-state index is 0.204. The van der Waals surface area contributed by atoms with Crippen LogP contribution in [-0.4, -0.2) is 31.7 Å². The largest absolute Gasteiger partial charge is 0.359 e. The zero-order chi connectivity index (χ0) is 9.90. The summed E-state index contributed by atoms with van der Waals surface area (Å²) >= 11 is 0. The van der Waals surface area contributed by atoms with Crippen molar-refractivity contribution in [3.63, 3.8) is 0 Å². The number of hydrogen-bond acceptors (Lipinski definition) is 2. The van der Waals surface area contributed by atoms with E-state index in [1.165, 1.54) is 0 Å². The number of halogens is 1. The fourth-order valence-electron chi connectivity index (χ4n) is 1.73. The number of rotatable bonds is 2. The van der Waals surface area contributed by atoms with Crippen LogP contribution in [-0.2, 0) is 4.79 Å². The van der Waals surface area contributed by atoms with Gasteiger partial charge in [-0.3, -0.25) is 4.79 Å². The van der Waals surface area contributed by atoms with Crippen molar-refractivity contribution in [2.45, 2.75) is 25.4 Å². The van der Waals surface area contributed by atoms with Crippen LogP contribution in [0.25, 0.3) is 0 Å². The maximum Gasteiger partial charge on any atom is 0.225 e. The lowest BCUT2D eigenvalue weighted by Gasteiger charge is -2.34. The van der Waals surface area contributed by atoms with Gasteiger partial charge in [0.05, 0.1) is 5.92 Å². The van der Waals surface area contributed by atoms with Crippen LogP contribution in [0.15, 0.2) is 0 Å². The number of hydrogen-bond donors (Lipinski definition) is 2. The number of carbonyl (C=O) groups excluding carboxylic acids is 1. The first kappa shape index (κ1) is 10.4. The molecule has 1 heterocycles. The van der Waals surface area contributed by atoms with Crippen molar-refractivity contribution in [3.05, 3.63) is 0 Å². The highest BCUT2D eigenvalue weighted by Gasteiger charge is 2.40.